The molecule has 3 N–H and O–H groups in total. The minimum Gasteiger partial charge on any atom is -0.394 e. The maximum Gasteiger partial charge on any atom is 0.103 e. The van der Waals surface area contributed by atoms with Crippen LogP contribution >= 0.6 is 0 Å². The number of unbranched alkanes of at least 4 members (excludes halogenated alkanes) is 11. The zero-order valence-corrected chi connectivity index (χ0v) is 18.0. The maximum absolute atomic E-state index is 10.5. The van der Waals surface area contributed by atoms with Gasteiger partial charge in [-0.2, -0.15) is 0 Å². The number of hydrogen-bond acceptors (Lipinski definition) is 3. The fourth-order valence-corrected chi connectivity index (χ4v) is 3.98. The first-order valence-electron chi connectivity index (χ1n) is 11.5. The van der Waals surface area contributed by atoms with Gasteiger partial charge in [-0.1, -0.05) is 111 Å². The van der Waals surface area contributed by atoms with Crippen molar-refractivity contribution in [2.75, 3.05) is 6.61 Å². The smallest absolute Gasteiger partial charge is 0.103 e. The molecule has 0 bridgehead atoms. The number of rotatable bonds is 19. The normalized spacial score (nSPS) is 16.4. The Kier molecular flexibility index (Phi) is 18.2. The quantitative estimate of drug-likeness (QED) is 0.249. The van der Waals surface area contributed by atoms with Crippen LogP contribution in [0.15, 0.2) is 0 Å². The Hall–Kier alpha value is -0.120. The number of aliphatic hydroxyl groups excluding tert-OH is 3. The van der Waals surface area contributed by atoms with Crippen molar-refractivity contribution in [3.8, 4) is 0 Å². The summed E-state index contributed by atoms with van der Waals surface area (Å²) in [6, 6.07) is 0. The molecule has 26 heavy (non-hydrogen) atoms. The van der Waals surface area contributed by atoms with Crippen LogP contribution < -0.4 is 0 Å². The van der Waals surface area contributed by atoms with Crippen LogP contribution in [0.1, 0.15) is 117 Å². The van der Waals surface area contributed by atoms with Gasteiger partial charge in [-0.25, -0.2) is 0 Å². The van der Waals surface area contributed by atoms with Crippen molar-refractivity contribution in [1.82, 2.24) is 0 Å². The second kappa shape index (κ2) is 18.3. The lowest BCUT2D eigenvalue weighted by molar-refractivity contribution is -0.0584. The topological polar surface area (TPSA) is 60.7 Å². The van der Waals surface area contributed by atoms with E-state index in [1.165, 1.54) is 77.0 Å². The van der Waals surface area contributed by atoms with E-state index in [4.69, 9.17) is 0 Å². The molecule has 0 aromatic carbocycles. The molecular weight excluding hydrogens is 324 g/mol. The van der Waals surface area contributed by atoms with Gasteiger partial charge in [0, 0.05) is 0 Å². The molecule has 0 saturated carbocycles. The second-order valence-corrected chi connectivity index (χ2v) is 8.35. The Morgan fingerprint density at radius 1 is 0.615 bits per heavy atom. The van der Waals surface area contributed by atoms with E-state index in [0.717, 1.165) is 19.3 Å². The summed E-state index contributed by atoms with van der Waals surface area (Å²) < 4.78 is 0. The van der Waals surface area contributed by atoms with Gasteiger partial charge in [0.05, 0.1) is 12.7 Å². The van der Waals surface area contributed by atoms with E-state index in [2.05, 4.69) is 20.8 Å². The molecule has 158 valence electrons. The fraction of sp³-hybridized carbons (Fsp3) is 1.00. The van der Waals surface area contributed by atoms with Gasteiger partial charge in [0.25, 0.3) is 0 Å². The molecule has 0 saturated heterocycles. The van der Waals surface area contributed by atoms with E-state index in [9.17, 15) is 15.3 Å². The van der Waals surface area contributed by atoms with Crippen LogP contribution in [0.25, 0.3) is 0 Å². The van der Waals surface area contributed by atoms with Gasteiger partial charge < -0.3 is 15.3 Å². The van der Waals surface area contributed by atoms with Crippen molar-refractivity contribution in [2.24, 2.45) is 11.8 Å². The highest BCUT2D eigenvalue weighted by molar-refractivity contribution is 4.79. The van der Waals surface area contributed by atoms with E-state index in [1.807, 2.05) is 0 Å². The molecule has 0 spiro atoms. The van der Waals surface area contributed by atoms with Crippen LogP contribution in [0, 0.1) is 11.8 Å². The standard InChI is InChI=1S/C23H48O3/c1-4-6-8-10-11-12-13-14-16-18-21(23(26)22(25)19-24)20(3)17-15-9-7-5-2/h20-26H,4-19H2,1-3H3. The fourth-order valence-electron chi connectivity index (χ4n) is 3.98. The minimum absolute atomic E-state index is 0.100. The monoisotopic (exact) mass is 372 g/mol. The first-order chi connectivity index (χ1) is 12.6. The summed E-state index contributed by atoms with van der Waals surface area (Å²) in [6.07, 6.45) is 16.9. The first-order valence-corrected chi connectivity index (χ1v) is 11.5. The molecule has 4 unspecified atom stereocenters. The summed E-state index contributed by atoms with van der Waals surface area (Å²) in [4.78, 5) is 0. The molecule has 3 nitrogen and oxygen atoms in total. The molecule has 3 heteroatoms. The maximum atomic E-state index is 10.5. The van der Waals surface area contributed by atoms with Crippen molar-refractivity contribution in [3.63, 3.8) is 0 Å². The van der Waals surface area contributed by atoms with Gasteiger partial charge >= 0.3 is 0 Å². The van der Waals surface area contributed by atoms with Gasteiger partial charge in [0.15, 0.2) is 0 Å². The largest absolute Gasteiger partial charge is 0.394 e. The summed E-state index contributed by atoms with van der Waals surface area (Å²) >= 11 is 0. The molecular formula is C23H48O3. The van der Waals surface area contributed by atoms with Gasteiger partial charge in [0.1, 0.15) is 6.10 Å². The van der Waals surface area contributed by atoms with Gasteiger partial charge in [-0.15, -0.1) is 0 Å². The Balaban J connectivity index is 4.11. The van der Waals surface area contributed by atoms with Crippen molar-refractivity contribution in [2.45, 2.75) is 129 Å². The predicted octanol–water partition coefficient (Wildman–Crippen LogP) is 5.84. The van der Waals surface area contributed by atoms with Gasteiger partial charge in [0.2, 0.25) is 0 Å². The van der Waals surface area contributed by atoms with Crippen LogP contribution in [0.4, 0.5) is 0 Å². The third kappa shape index (κ3) is 13.1. The molecule has 0 fully saturated rings. The van der Waals surface area contributed by atoms with Gasteiger partial charge in [-0.05, 0) is 18.3 Å². The molecule has 0 amide bonds. The van der Waals surface area contributed by atoms with Crippen LogP contribution in [0.2, 0.25) is 0 Å². The van der Waals surface area contributed by atoms with E-state index in [0.29, 0.717) is 5.92 Å². The number of hydrogen-bond donors (Lipinski definition) is 3. The average Bonchev–Trinajstić information content (AvgIpc) is 2.65. The molecule has 0 rings (SSSR count). The highest BCUT2D eigenvalue weighted by Crippen LogP contribution is 2.29. The molecule has 0 aliphatic carbocycles. The Morgan fingerprint density at radius 2 is 1.04 bits per heavy atom. The Bertz CT molecular complexity index is 283. The first kappa shape index (κ1) is 25.9. The van der Waals surface area contributed by atoms with Crippen molar-refractivity contribution >= 4 is 0 Å². The van der Waals surface area contributed by atoms with Crippen molar-refractivity contribution in [1.29, 1.82) is 0 Å². The van der Waals surface area contributed by atoms with Crippen LogP contribution in [0.5, 0.6) is 0 Å². The molecule has 0 heterocycles. The van der Waals surface area contributed by atoms with Crippen molar-refractivity contribution < 1.29 is 15.3 Å². The summed E-state index contributed by atoms with van der Waals surface area (Å²) in [5, 5.41) is 29.6. The minimum atomic E-state index is -1.00. The Morgan fingerprint density at radius 3 is 1.54 bits per heavy atom. The summed E-state index contributed by atoms with van der Waals surface area (Å²) in [7, 11) is 0. The highest BCUT2D eigenvalue weighted by Gasteiger charge is 2.29. The van der Waals surface area contributed by atoms with Gasteiger partial charge in [-0.3, -0.25) is 0 Å². The van der Waals surface area contributed by atoms with Crippen LogP contribution in [-0.4, -0.2) is 34.1 Å². The zero-order chi connectivity index (χ0) is 19.6. The summed E-state index contributed by atoms with van der Waals surface area (Å²) in [5.41, 5.74) is 0. The lowest BCUT2D eigenvalue weighted by Gasteiger charge is -2.31. The molecule has 4 atom stereocenters. The lowest BCUT2D eigenvalue weighted by Crippen LogP contribution is -2.39. The second-order valence-electron chi connectivity index (χ2n) is 8.35. The molecule has 0 aliphatic heterocycles. The third-order valence-electron chi connectivity index (χ3n) is 5.90. The summed E-state index contributed by atoms with van der Waals surface area (Å²) in [5.74, 6) is 0.500. The Labute approximate surface area is 163 Å². The molecule has 0 aliphatic rings. The summed E-state index contributed by atoms with van der Waals surface area (Å²) in [6.45, 7) is 6.33. The SMILES string of the molecule is CCCCCCCCCCCC(C(C)CCCCCC)C(O)C(O)CO. The van der Waals surface area contributed by atoms with E-state index in [-0.39, 0.29) is 12.5 Å². The van der Waals surface area contributed by atoms with E-state index < -0.39 is 12.2 Å². The highest BCUT2D eigenvalue weighted by atomic mass is 16.4. The lowest BCUT2D eigenvalue weighted by atomic mass is 9.80. The predicted molar refractivity (Wildman–Crippen MR) is 112 cm³/mol. The van der Waals surface area contributed by atoms with Crippen LogP contribution in [0.3, 0.4) is 0 Å². The van der Waals surface area contributed by atoms with Crippen LogP contribution in [-0.2, 0) is 0 Å². The zero-order valence-electron chi connectivity index (χ0n) is 18.0. The number of aliphatic hydroxyl groups is 3. The molecule has 0 aromatic heterocycles. The third-order valence-corrected chi connectivity index (χ3v) is 5.90. The van der Waals surface area contributed by atoms with E-state index in [1.54, 1.807) is 0 Å². The molecule has 0 aromatic rings. The molecule has 0 radical (unpaired) electrons. The van der Waals surface area contributed by atoms with E-state index >= 15 is 0 Å². The van der Waals surface area contributed by atoms with Crippen molar-refractivity contribution in [3.05, 3.63) is 0 Å². The average molecular weight is 373 g/mol.